The molecule has 2 rings (SSSR count). The number of ketones is 1. The van der Waals surface area contributed by atoms with Crippen molar-refractivity contribution in [3.05, 3.63) is 69.2 Å². The Kier molecular flexibility index (Phi) is 3.67. The number of carbonyl (C=O) groups excluding carboxylic acids is 1. The van der Waals surface area contributed by atoms with Crippen molar-refractivity contribution in [2.24, 2.45) is 0 Å². The molecule has 0 radical (unpaired) electrons. The maximum atomic E-state index is 13.4. The molecule has 0 amide bonds. The first-order chi connectivity index (χ1) is 8.90. The molecule has 98 valence electrons. The highest BCUT2D eigenvalue weighted by Gasteiger charge is 2.16. The molecular formula is C15H11ClF2O. The topological polar surface area (TPSA) is 17.1 Å². The molecule has 2 aromatic carbocycles. The van der Waals surface area contributed by atoms with Gasteiger partial charge >= 0.3 is 0 Å². The Morgan fingerprint density at radius 2 is 1.63 bits per heavy atom. The van der Waals surface area contributed by atoms with E-state index >= 15 is 0 Å². The molecule has 0 aliphatic heterocycles. The van der Waals surface area contributed by atoms with Crippen LogP contribution in [0.5, 0.6) is 0 Å². The highest BCUT2D eigenvalue weighted by molar-refractivity contribution is 6.30. The molecule has 4 heteroatoms. The minimum Gasteiger partial charge on any atom is -0.289 e. The third kappa shape index (κ3) is 2.66. The van der Waals surface area contributed by atoms with Crippen LogP contribution in [0.4, 0.5) is 8.78 Å². The molecule has 0 aliphatic carbocycles. The van der Waals surface area contributed by atoms with E-state index < -0.39 is 11.6 Å². The quantitative estimate of drug-likeness (QED) is 0.742. The van der Waals surface area contributed by atoms with Crippen LogP contribution in [0.15, 0.2) is 30.3 Å². The third-order valence-electron chi connectivity index (χ3n) is 2.91. The Labute approximate surface area is 114 Å². The maximum absolute atomic E-state index is 13.4. The lowest BCUT2D eigenvalue weighted by Crippen LogP contribution is -2.07. The van der Waals surface area contributed by atoms with E-state index in [4.69, 9.17) is 11.6 Å². The highest BCUT2D eigenvalue weighted by Crippen LogP contribution is 2.22. The van der Waals surface area contributed by atoms with Gasteiger partial charge in [-0.15, -0.1) is 0 Å². The monoisotopic (exact) mass is 280 g/mol. The van der Waals surface area contributed by atoms with Gasteiger partial charge in [0.25, 0.3) is 0 Å². The molecule has 19 heavy (non-hydrogen) atoms. The normalized spacial score (nSPS) is 10.6. The summed E-state index contributed by atoms with van der Waals surface area (Å²) in [5.41, 5.74) is 1.64. The fraction of sp³-hybridized carbons (Fsp3) is 0.133. The van der Waals surface area contributed by atoms with Crippen molar-refractivity contribution < 1.29 is 13.6 Å². The average molecular weight is 281 g/mol. The molecule has 1 nitrogen and oxygen atoms in total. The zero-order valence-electron chi connectivity index (χ0n) is 10.4. The van der Waals surface area contributed by atoms with E-state index in [-0.39, 0.29) is 16.4 Å². The van der Waals surface area contributed by atoms with Crippen LogP contribution >= 0.6 is 11.6 Å². The molecule has 0 fully saturated rings. The largest absolute Gasteiger partial charge is 0.289 e. The average Bonchev–Trinajstić information content (AvgIpc) is 2.31. The lowest BCUT2D eigenvalue weighted by molar-refractivity contribution is 0.103. The zero-order chi connectivity index (χ0) is 14.2. The molecule has 0 saturated carbocycles. The van der Waals surface area contributed by atoms with E-state index in [9.17, 15) is 13.6 Å². The minimum atomic E-state index is -0.648. The van der Waals surface area contributed by atoms with Gasteiger partial charge in [0.1, 0.15) is 11.6 Å². The summed E-state index contributed by atoms with van der Waals surface area (Å²) in [5, 5.41) is -0.0379. The second kappa shape index (κ2) is 5.10. The van der Waals surface area contributed by atoms with Crippen LogP contribution in [-0.4, -0.2) is 5.78 Å². The van der Waals surface area contributed by atoms with Crippen molar-refractivity contribution in [1.29, 1.82) is 0 Å². The van der Waals surface area contributed by atoms with Gasteiger partial charge in [-0.2, -0.15) is 0 Å². The SMILES string of the molecule is Cc1cc(F)cc(C)c1C(=O)c1ccc(Cl)c(F)c1. The Bertz CT molecular complexity index is 642. The van der Waals surface area contributed by atoms with Gasteiger partial charge < -0.3 is 0 Å². The van der Waals surface area contributed by atoms with Crippen LogP contribution in [0.25, 0.3) is 0 Å². The van der Waals surface area contributed by atoms with Crippen LogP contribution < -0.4 is 0 Å². The molecule has 2 aromatic rings. The van der Waals surface area contributed by atoms with Gasteiger partial charge in [-0.1, -0.05) is 11.6 Å². The predicted octanol–water partition coefficient (Wildman–Crippen LogP) is 4.47. The number of halogens is 3. The van der Waals surface area contributed by atoms with Gasteiger partial charge in [0.15, 0.2) is 5.78 Å². The summed E-state index contributed by atoms with van der Waals surface area (Å²) in [5.74, 6) is -1.38. The summed E-state index contributed by atoms with van der Waals surface area (Å²) in [6.07, 6.45) is 0. The van der Waals surface area contributed by atoms with Gasteiger partial charge in [0, 0.05) is 11.1 Å². The summed E-state index contributed by atoms with van der Waals surface area (Å²) in [6, 6.07) is 6.44. The van der Waals surface area contributed by atoms with Gasteiger partial charge in [0.2, 0.25) is 0 Å². The molecule has 0 unspecified atom stereocenters. The molecule has 0 N–H and O–H groups in total. The van der Waals surface area contributed by atoms with Crippen LogP contribution in [0.3, 0.4) is 0 Å². The third-order valence-corrected chi connectivity index (χ3v) is 3.21. The summed E-state index contributed by atoms with van der Waals surface area (Å²) in [4.78, 5) is 12.3. The number of rotatable bonds is 2. The number of benzene rings is 2. The van der Waals surface area contributed by atoms with E-state index in [2.05, 4.69) is 0 Å². The van der Waals surface area contributed by atoms with E-state index in [1.807, 2.05) is 0 Å². The van der Waals surface area contributed by atoms with Crippen molar-refractivity contribution >= 4 is 17.4 Å². The van der Waals surface area contributed by atoms with Crippen LogP contribution in [0, 0.1) is 25.5 Å². The van der Waals surface area contributed by atoms with Gasteiger partial charge in [-0.25, -0.2) is 8.78 Å². The molecule has 0 spiro atoms. The first-order valence-corrected chi connectivity index (χ1v) is 6.04. The fourth-order valence-electron chi connectivity index (χ4n) is 2.05. The Hall–Kier alpha value is -1.74. The second-order valence-electron chi connectivity index (χ2n) is 4.37. The minimum absolute atomic E-state index is 0.0379. The Morgan fingerprint density at radius 3 is 2.16 bits per heavy atom. The van der Waals surface area contributed by atoms with Crippen LogP contribution in [0.2, 0.25) is 5.02 Å². The molecular weight excluding hydrogens is 270 g/mol. The number of hydrogen-bond donors (Lipinski definition) is 0. The van der Waals surface area contributed by atoms with E-state index in [0.717, 1.165) is 6.07 Å². The Balaban J connectivity index is 2.53. The summed E-state index contributed by atoms with van der Waals surface area (Å²) in [6.45, 7) is 3.30. The van der Waals surface area contributed by atoms with Gasteiger partial charge in [-0.05, 0) is 55.3 Å². The maximum Gasteiger partial charge on any atom is 0.193 e. The smallest absolute Gasteiger partial charge is 0.193 e. The van der Waals surface area contributed by atoms with Gasteiger partial charge in [0.05, 0.1) is 5.02 Å². The summed E-state index contributed by atoms with van der Waals surface area (Å²) in [7, 11) is 0. The zero-order valence-corrected chi connectivity index (χ0v) is 11.2. The van der Waals surface area contributed by atoms with Gasteiger partial charge in [-0.3, -0.25) is 4.79 Å². The highest BCUT2D eigenvalue weighted by atomic mass is 35.5. The van der Waals surface area contributed by atoms with E-state index in [1.54, 1.807) is 13.8 Å². The Morgan fingerprint density at radius 1 is 1.05 bits per heavy atom. The van der Waals surface area contributed by atoms with Crippen molar-refractivity contribution in [2.45, 2.75) is 13.8 Å². The second-order valence-corrected chi connectivity index (χ2v) is 4.78. The lowest BCUT2D eigenvalue weighted by Gasteiger charge is -2.09. The number of aryl methyl sites for hydroxylation is 2. The van der Waals surface area contributed by atoms with Crippen molar-refractivity contribution in [1.82, 2.24) is 0 Å². The standard InChI is InChI=1S/C15H11ClF2O/c1-8-5-11(17)6-9(2)14(8)15(19)10-3-4-12(16)13(18)7-10/h3-7H,1-2H3. The van der Waals surface area contributed by atoms with Crippen LogP contribution in [0.1, 0.15) is 27.0 Å². The summed E-state index contributed by atoms with van der Waals surface area (Å²) < 4.78 is 26.6. The number of hydrogen-bond acceptors (Lipinski definition) is 1. The first kappa shape index (κ1) is 13.7. The number of carbonyl (C=O) groups is 1. The molecule has 0 aromatic heterocycles. The molecule has 0 aliphatic rings. The van der Waals surface area contributed by atoms with Crippen molar-refractivity contribution in [2.75, 3.05) is 0 Å². The van der Waals surface area contributed by atoms with E-state index in [1.165, 1.54) is 24.3 Å². The molecule has 0 atom stereocenters. The molecule has 0 heterocycles. The first-order valence-electron chi connectivity index (χ1n) is 5.66. The van der Waals surface area contributed by atoms with Crippen LogP contribution in [-0.2, 0) is 0 Å². The fourth-order valence-corrected chi connectivity index (χ4v) is 2.17. The summed E-state index contributed by atoms with van der Waals surface area (Å²) >= 11 is 5.58. The molecule has 0 saturated heterocycles. The lowest BCUT2D eigenvalue weighted by atomic mass is 9.95. The predicted molar refractivity (Wildman–Crippen MR) is 70.7 cm³/mol. The molecule has 0 bridgehead atoms. The van der Waals surface area contributed by atoms with E-state index in [0.29, 0.717) is 16.7 Å². The van der Waals surface area contributed by atoms with Crippen molar-refractivity contribution in [3.63, 3.8) is 0 Å². The van der Waals surface area contributed by atoms with Crippen molar-refractivity contribution in [3.8, 4) is 0 Å².